The van der Waals surface area contributed by atoms with Gasteiger partial charge in [-0.25, -0.2) is 9.37 Å². The highest BCUT2D eigenvalue weighted by Gasteiger charge is 2.20. The molecule has 3 heterocycles. The lowest BCUT2D eigenvalue weighted by molar-refractivity contribution is 0.174. The van der Waals surface area contributed by atoms with Gasteiger partial charge in [-0.1, -0.05) is 47.3 Å². The molecule has 0 amide bonds. The van der Waals surface area contributed by atoms with Gasteiger partial charge in [0.2, 0.25) is 18.5 Å². The van der Waals surface area contributed by atoms with Crippen LogP contribution in [0.1, 0.15) is 11.5 Å². The Morgan fingerprint density at radius 3 is 2.54 bits per heavy atom. The molecule has 0 aliphatic carbocycles. The van der Waals surface area contributed by atoms with Crippen molar-refractivity contribution in [1.82, 2.24) is 19.7 Å². The minimum Gasteiger partial charge on any atom is -0.454 e. The topological polar surface area (TPSA) is 92.3 Å². The Morgan fingerprint density at radius 1 is 0.971 bits per heavy atom. The van der Waals surface area contributed by atoms with Gasteiger partial charge in [-0.3, -0.25) is 9.36 Å². The van der Waals surface area contributed by atoms with Crippen LogP contribution in [0, 0.1) is 5.82 Å². The summed E-state index contributed by atoms with van der Waals surface area (Å²) < 4.78 is 31.1. The molecule has 0 unspecified atom stereocenters. The lowest BCUT2D eigenvalue weighted by Crippen LogP contribution is -2.24. The van der Waals surface area contributed by atoms with E-state index in [2.05, 4.69) is 10.1 Å². The number of ether oxygens (including phenoxy) is 2. The molecule has 0 saturated carbocycles. The van der Waals surface area contributed by atoms with Gasteiger partial charge in [0.1, 0.15) is 5.82 Å². The highest BCUT2D eigenvalue weighted by atomic mass is 32.2. The maximum absolute atomic E-state index is 13.5. The zero-order valence-electron chi connectivity index (χ0n) is 18.2. The average molecular weight is 489 g/mol. The van der Waals surface area contributed by atoms with Crippen molar-refractivity contribution in [3.05, 3.63) is 94.4 Å². The number of fused-ring (bicyclic) bond motifs is 2. The summed E-state index contributed by atoms with van der Waals surface area (Å²) in [5.74, 6) is 1.77. The summed E-state index contributed by atoms with van der Waals surface area (Å²) in [6.07, 6.45) is 0. The van der Waals surface area contributed by atoms with Crippen molar-refractivity contribution in [3.63, 3.8) is 0 Å². The van der Waals surface area contributed by atoms with Gasteiger partial charge in [0.25, 0.3) is 5.56 Å². The van der Waals surface area contributed by atoms with E-state index >= 15 is 0 Å². The fraction of sp³-hybridized carbons (Fsp3) is 0.120. The quantitative estimate of drug-likeness (QED) is 0.252. The second-order valence-electron chi connectivity index (χ2n) is 7.80. The van der Waals surface area contributed by atoms with Gasteiger partial charge < -0.3 is 14.0 Å². The number of thioether (sulfide) groups is 1. The first-order valence-corrected chi connectivity index (χ1v) is 11.7. The van der Waals surface area contributed by atoms with Gasteiger partial charge in [-0.2, -0.15) is 4.98 Å². The lowest BCUT2D eigenvalue weighted by atomic mass is 10.2. The maximum Gasteiger partial charge on any atom is 0.262 e. The predicted molar refractivity (Wildman–Crippen MR) is 127 cm³/mol. The fourth-order valence-electron chi connectivity index (χ4n) is 3.76. The minimum atomic E-state index is -0.339. The molecule has 6 rings (SSSR count). The molecular weight excluding hydrogens is 471 g/mol. The molecule has 0 radical (unpaired) electrons. The molecule has 2 aromatic heterocycles. The van der Waals surface area contributed by atoms with Crippen molar-refractivity contribution in [2.45, 2.75) is 17.5 Å². The van der Waals surface area contributed by atoms with E-state index in [4.69, 9.17) is 19.0 Å². The van der Waals surface area contributed by atoms with Crippen LogP contribution in [-0.2, 0) is 12.3 Å². The van der Waals surface area contributed by atoms with Crippen molar-refractivity contribution in [2.24, 2.45) is 0 Å². The number of halogens is 1. The van der Waals surface area contributed by atoms with E-state index in [-0.39, 0.29) is 18.2 Å². The third-order valence-corrected chi connectivity index (χ3v) is 6.45. The molecule has 0 fully saturated rings. The summed E-state index contributed by atoms with van der Waals surface area (Å²) in [6, 6.07) is 18.9. The molecule has 1 aliphatic rings. The molecule has 5 aromatic rings. The largest absolute Gasteiger partial charge is 0.454 e. The summed E-state index contributed by atoms with van der Waals surface area (Å²) in [7, 11) is 0. The van der Waals surface area contributed by atoms with Gasteiger partial charge >= 0.3 is 0 Å². The third kappa shape index (κ3) is 4.24. The molecule has 35 heavy (non-hydrogen) atoms. The van der Waals surface area contributed by atoms with Crippen molar-refractivity contribution in [2.75, 3.05) is 6.79 Å². The molecular formula is C25H17FN4O4S. The average Bonchev–Trinajstić information content (AvgIpc) is 3.54. The zero-order valence-corrected chi connectivity index (χ0v) is 19.0. The Labute approximate surface area is 202 Å². The molecule has 0 bridgehead atoms. The molecule has 174 valence electrons. The number of rotatable bonds is 6. The van der Waals surface area contributed by atoms with Crippen LogP contribution in [0.2, 0.25) is 0 Å². The molecule has 8 nitrogen and oxygen atoms in total. The van der Waals surface area contributed by atoms with Crippen molar-refractivity contribution in [3.8, 4) is 22.9 Å². The van der Waals surface area contributed by atoms with Gasteiger partial charge in [-0.05, 0) is 35.9 Å². The van der Waals surface area contributed by atoms with E-state index in [9.17, 15) is 9.18 Å². The van der Waals surface area contributed by atoms with E-state index in [0.717, 1.165) is 5.56 Å². The second-order valence-corrected chi connectivity index (χ2v) is 8.74. The van der Waals surface area contributed by atoms with E-state index in [0.29, 0.717) is 57.1 Å². The summed E-state index contributed by atoms with van der Waals surface area (Å²) >= 11 is 1.32. The number of benzene rings is 3. The molecule has 3 aromatic carbocycles. The van der Waals surface area contributed by atoms with Crippen LogP contribution in [-0.4, -0.2) is 26.5 Å². The number of hydrogen-bond acceptors (Lipinski definition) is 8. The predicted octanol–water partition coefficient (Wildman–Crippen LogP) is 4.65. The summed E-state index contributed by atoms with van der Waals surface area (Å²) in [5.41, 5.74) is 1.95. The lowest BCUT2D eigenvalue weighted by Gasteiger charge is -2.13. The first-order chi connectivity index (χ1) is 17.1. The van der Waals surface area contributed by atoms with Crippen molar-refractivity contribution >= 4 is 22.7 Å². The molecule has 0 N–H and O–H groups in total. The molecule has 0 atom stereocenters. The minimum absolute atomic E-state index is 0.110. The number of aromatic nitrogens is 4. The van der Waals surface area contributed by atoms with E-state index in [1.807, 2.05) is 30.3 Å². The van der Waals surface area contributed by atoms with Crippen molar-refractivity contribution in [1.29, 1.82) is 0 Å². The van der Waals surface area contributed by atoms with Crippen LogP contribution in [0.15, 0.2) is 81.2 Å². The van der Waals surface area contributed by atoms with Crippen LogP contribution in [0.4, 0.5) is 4.39 Å². The van der Waals surface area contributed by atoms with E-state index < -0.39 is 0 Å². The first kappa shape index (κ1) is 21.4. The Kier molecular flexibility index (Phi) is 5.42. The smallest absolute Gasteiger partial charge is 0.262 e. The van der Waals surface area contributed by atoms with Gasteiger partial charge in [0, 0.05) is 11.6 Å². The van der Waals surface area contributed by atoms with E-state index in [1.54, 1.807) is 28.8 Å². The summed E-state index contributed by atoms with van der Waals surface area (Å²) in [4.78, 5) is 22.7. The highest BCUT2D eigenvalue weighted by Crippen LogP contribution is 2.35. The van der Waals surface area contributed by atoms with Crippen LogP contribution in [0.3, 0.4) is 0 Å². The van der Waals surface area contributed by atoms with Crippen LogP contribution in [0.5, 0.6) is 11.5 Å². The van der Waals surface area contributed by atoms with Crippen LogP contribution < -0.4 is 15.0 Å². The fourth-order valence-corrected chi connectivity index (χ4v) is 4.60. The third-order valence-electron chi connectivity index (χ3n) is 5.49. The van der Waals surface area contributed by atoms with Crippen LogP contribution in [0.25, 0.3) is 22.3 Å². The Balaban J connectivity index is 1.35. The molecule has 0 saturated heterocycles. The SMILES string of the molecule is O=c1c2cc3c(cc2nc(SCc2nc(-c4ccc(F)cc4)no2)n1Cc1ccccc1)OCO3. The van der Waals surface area contributed by atoms with Gasteiger partial charge in [0.15, 0.2) is 16.7 Å². The van der Waals surface area contributed by atoms with Gasteiger partial charge in [-0.15, -0.1) is 0 Å². The normalized spacial score (nSPS) is 12.4. The zero-order chi connectivity index (χ0) is 23.8. The number of nitrogens with zero attached hydrogens (tertiary/aromatic N) is 4. The maximum atomic E-state index is 13.5. The van der Waals surface area contributed by atoms with E-state index in [1.165, 1.54) is 23.9 Å². The molecule has 10 heteroatoms. The van der Waals surface area contributed by atoms with Crippen LogP contribution >= 0.6 is 11.8 Å². The Bertz CT molecular complexity index is 1590. The highest BCUT2D eigenvalue weighted by molar-refractivity contribution is 7.98. The Hall–Kier alpha value is -4.18. The monoisotopic (exact) mass is 488 g/mol. The standard InChI is InChI=1S/C25H17FN4O4S/c26-17-8-6-16(7-9-17)23-28-22(34-29-23)13-35-25-27-19-11-21-20(32-14-33-21)10-18(19)24(31)30(25)12-15-4-2-1-3-5-15/h1-11H,12-14H2. The van der Waals surface area contributed by atoms with Crippen molar-refractivity contribution < 1.29 is 18.4 Å². The summed E-state index contributed by atoms with van der Waals surface area (Å²) in [5, 5.41) is 4.94. The Morgan fingerprint density at radius 2 is 1.74 bits per heavy atom. The molecule has 0 spiro atoms. The second kappa shape index (κ2) is 8.88. The number of hydrogen-bond donors (Lipinski definition) is 0. The summed E-state index contributed by atoms with van der Waals surface area (Å²) in [6.45, 7) is 0.461. The first-order valence-electron chi connectivity index (χ1n) is 10.7. The van der Waals surface area contributed by atoms with Gasteiger partial charge in [0.05, 0.1) is 23.2 Å². The molecule has 1 aliphatic heterocycles.